The number of amides is 1. The first-order valence-electron chi connectivity index (χ1n) is 4.63. The van der Waals surface area contributed by atoms with Gasteiger partial charge in [0.15, 0.2) is 0 Å². The van der Waals surface area contributed by atoms with Gasteiger partial charge in [0, 0.05) is 6.54 Å². The van der Waals surface area contributed by atoms with Gasteiger partial charge in [0.25, 0.3) is 0 Å². The minimum absolute atomic E-state index is 0.0515. The van der Waals surface area contributed by atoms with Crippen LogP contribution in [-0.2, 0) is 11.3 Å². The summed E-state index contributed by atoms with van der Waals surface area (Å²) in [5, 5.41) is 21.2. The molecule has 9 nitrogen and oxygen atoms in total. The van der Waals surface area contributed by atoms with Crippen molar-refractivity contribution < 1.29 is 14.8 Å². The molecule has 17 heavy (non-hydrogen) atoms. The van der Waals surface area contributed by atoms with Crippen LogP contribution in [0.4, 0.5) is 5.69 Å². The van der Waals surface area contributed by atoms with Crippen LogP contribution in [0, 0.1) is 10.1 Å². The SMILES string of the molecule is O=C(Cn1cc([N+](=O)[O-])cnc1=O)NCCO. The third kappa shape index (κ3) is 3.65. The molecule has 0 aliphatic rings. The third-order valence-corrected chi connectivity index (χ3v) is 1.80. The first kappa shape index (κ1) is 12.8. The van der Waals surface area contributed by atoms with E-state index in [1.54, 1.807) is 0 Å². The van der Waals surface area contributed by atoms with Crippen LogP contribution in [0.2, 0.25) is 0 Å². The zero-order valence-corrected chi connectivity index (χ0v) is 8.70. The van der Waals surface area contributed by atoms with Gasteiger partial charge in [0.2, 0.25) is 5.91 Å². The predicted molar refractivity (Wildman–Crippen MR) is 55.2 cm³/mol. The number of carbonyl (C=O) groups is 1. The van der Waals surface area contributed by atoms with Crippen molar-refractivity contribution in [1.29, 1.82) is 0 Å². The number of aliphatic hydroxyl groups excluding tert-OH is 1. The van der Waals surface area contributed by atoms with Crippen LogP contribution in [0.1, 0.15) is 0 Å². The normalized spacial score (nSPS) is 9.94. The topological polar surface area (TPSA) is 127 Å². The molecule has 1 aromatic rings. The van der Waals surface area contributed by atoms with Gasteiger partial charge in [-0.05, 0) is 0 Å². The Labute approximate surface area is 94.9 Å². The quantitative estimate of drug-likeness (QED) is 0.466. The monoisotopic (exact) mass is 242 g/mol. The lowest BCUT2D eigenvalue weighted by Gasteiger charge is -2.04. The van der Waals surface area contributed by atoms with Crippen molar-refractivity contribution in [1.82, 2.24) is 14.9 Å². The standard InChI is InChI=1S/C8H10N4O5/c13-2-1-9-7(14)5-11-4-6(12(16)17)3-10-8(11)15/h3-4,13H,1-2,5H2,(H,9,14). The van der Waals surface area contributed by atoms with Crippen LogP contribution in [0.15, 0.2) is 17.2 Å². The number of hydrogen-bond donors (Lipinski definition) is 2. The van der Waals surface area contributed by atoms with E-state index in [1.165, 1.54) is 0 Å². The summed E-state index contributed by atoms with van der Waals surface area (Å²) in [6.45, 7) is -0.558. The van der Waals surface area contributed by atoms with E-state index in [0.717, 1.165) is 17.0 Å². The van der Waals surface area contributed by atoms with Gasteiger partial charge in [-0.3, -0.25) is 19.5 Å². The summed E-state index contributed by atoms with van der Waals surface area (Å²) in [6.07, 6.45) is 1.76. The van der Waals surface area contributed by atoms with Crippen molar-refractivity contribution in [2.75, 3.05) is 13.2 Å². The van der Waals surface area contributed by atoms with Crippen LogP contribution >= 0.6 is 0 Å². The average molecular weight is 242 g/mol. The molecule has 0 radical (unpaired) electrons. The zero-order chi connectivity index (χ0) is 12.8. The molecule has 1 aromatic heterocycles. The molecular formula is C8H10N4O5. The number of carbonyl (C=O) groups excluding carboxylic acids is 1. The molecule has 0 aliphatic carbocycles. The maximum atomic E-state index is 11.2. The largest absolute Gasteiger partial charge is 0.395 e. The Hall–Kier alpha value is -2.29. The predicted octanol–water partition coefficient (Wildman–Crippen LogP) is -1.74. The molecule has 0 saturated heterocycles. The number of nitrogens with one attached hydrogen (secondary N) is 1. The lowest BCUT2D eigenvalue weighted by molar-refractivity contribution is -0.385. The molecule has 0 aliphatic heterocycles. The van der Waals surface area contributed by atoms with E-state index in [4.69, 9.17) is 5.11 Å². The maximum Gasteiger partial charge on any atom is 0.348 e. The van der Waals surface area contributed by atoms with Crippen LogP contribution in [0.25, 0.3) is 0 Å². The van der Waals surface area contributed by atoms with Gasteiger partial charge in [-0.15, -0.1) is 0 Å². The second kappa shape index (κ2) is 5.70. The summed E-state index contributed by atoms with van der Waals surface area (Å²) in [7, 11) is 0. The summed E-state index contributed by atoms with van der Waals surface area (Å²) in [5.41, 5.74) is -1.13. The van der Waals surface area contributed by atoms with E-state index >= 15 is 0 Å². The fourth-order valence-corrected chi connectivity index (χ4v) is 1.06. The van der Waals surface area contributed by atoms with Crippen molar-refractivity contribution >= 4 is 11.6 Å². The molecule has 2 N–H and O–H groups in total. The van der Waals surface area contributed by atoms with Crippen molar-refractivity contribution in [2.45, 2.75) is 6.54 Å². The molecule has 0 bridgehead atoms. The van der Waals surface area contributed by atoms with Gasteiger partial charge in [0.05, 0.1) is 17.7 Å². The van der Waals surface area contributed by atoms with E-state index in [-0.39, 0.29) is 25.4 Å². The number of hydrogen-bond acceptors (Lipinski definition) is 6. The maximum absolute atomic E-state index is 11.2. The van der Waals surface area contributed by atoms with Crippen LogP contribution < -0.4 is 11.0 Å². The number of nitro groups is 1. The van der Waals surface area contributed by atoms with Gasteiger partial charge in [-0.25, -0.2) is 4.79 Å². The van der Waals surface area contributed by atoms with Crippen LogP contribution in [-0.4, -0.2) is 38.6 Å². The lowest BCUT2D eigenvalue weighted by Crippen LogP contribution is -2.34. The lowest BCUT2D eigenvalue weighted by atomic mass is 10.5. The summed E-state index contributed by atoms with van der Waals surface area (Å²) in [5.74, 6) is -0.538. The van der Waals surface area contributed by atoms with E-state index in [2.05, 4.69) is 10.3 Å². The van der Waals surface area contributed by atoms with Gasteiger partial charge in [-0.1, -0.05) is 0 Å². The van der Waals surface area contributed by atoms with E-state index in [1.807, 2.05) is 0 Å². The highest BCUT2D eigenvalue weighted by molar-refractivity contribution is 5.75. The van der Waals surface area contributed by atoms with Crippen molar-refractivity contribution in [3.05, 3.63) is 33.0 Å². The molecule has 0 saturated carbocycles. The number of aromatic nitrogens is 2. The summed E-state index contributed by atoms with van der Waals surface area (Å²) >= 11 is 0. The van der Waals surface area contributed by atoms with Gasteiger partial charge < -0.3 is 10.4 Å². The smallest absolute Gasteiger partial charge is 0.348 e. The first-order chi connectivity index (χ1) is 8.04. The molecule has 92 valence electrons. The fraction of sp³-hybridized carbons (Fsp3) is 0.375. The van der Waals surface area contributed by atoms with E-state index < -0.39 is 16.5 Å². The molecular weight excluding hydrogens is 232 g/mol. The first-order valence-corrected chi connectivity index (χ1v) is 4.63. The van der Waals surface area contributed by atoms with Crippen molar-refractivity contribution in [2.24, 2.45) is 0 Å². The highest BCUT2D eigenvalue weighted by Crippen LogP contribution is 2.04. The Bertz CT molecular complexity index is 483. The zero-order valence-electron chi connectivity index (χ0n) is 8.70. The average Bonchev–Trinajstić information content (AvgIpc) is 2.29. The fourth-order valence-electron chi connectivity index (χ4n) is 1.06. The molecule has 1 amide bonds. The highest BCUT2D eigenvalue weighted by Gasteiger charge is 2.11. The molecule has 1 rings (SSSR count). The summed E-state index contributed by atoms with van der Waals surface area (Å²) in [6, 6.07) is 0. The summed E-state index contributed by atoms with van der Waals surface area (Å²) in [4.78, 5) is 35.4. The Kier molecular flexibility index (Phi) is 4.29. The van der Waals surface area contributed by atoms with Gasteiger partial charge >= 0.3 is 11.4 Å². The minimum atomic E-state index is -0.755. The molecule has 0 atom stereocenters. The van der Waals surface area contributed by atoms with Crippen LogP contribution in [0.5, 0.6) is 0 Å². The Balaban J connectivity index is 2.83. The number of aliphatic hydroxyl groups is 1. The van der Waals surface area contributed by atoms with Crippen LogP contribution in [0.3, 0.4) is 0 Å². The Morgan fingerprint density at radius 2 is 2.35 bits per heavy atom. The second-order valence-electron chi connectivity index (χ2n) is 3.05. The molecule has 9 heteroatoms. The molecule has 0 aromatic carbocycles. The molecule has 0 unspecified atom stereocenters. The highest BCUT2D eigenvalue weighted by atomic mass is 16.6. The van der Waals surface area contributed by atoms with Crippen molar-refractivity contribution in [3.63, 3.8) is 0 Å². The Morgan fingerprint density at radius 3 is 2.94 bits per heavy atom. The molecule has 0 fully saturated rings. The van der Waals surface area contributed by atoms with Gasteiger partial charge in [0.1, 0.15) is 12.7 Å². The second-order valence-corrected chi connectivity index (χ2v) is 3.05. The third-order valence-electron chi connectivity index (χ3n) is 1.80. The Morgan fingerprint density at radius 1 is 1.65 bits per heavy atom. The van der Waals surface area contributed by atoms with E-state index in [9.17, 15) is 19.7 Å². The van der Waals surface area contributed by atoms with E-state index in [0.29, 0.717) is 0 Å². The summed E-state index contributed by atoms with van der Waals surface area (Å²) < 4.78 is 0.824. The number of nitrogens with zero attached hydrogens (tertiary/aromatic N) is 3. The van der Waals surface area contributed by atoms with Crippen molar-refractivity contribution in [3.8, 4) is 0 Å². The number of rotatable bonds is 5. The minimum Gasteiger partial charge on any atom is -0.395 e. The molecule has 0 spiro atoms. The molecule has 1 heterocycles. The van der Waals surface area contributed by atoms with Gasteiger partial charge in [-0.2, -0.15) is 4.98 Å².